The van der Waals surface area contributed by atoms with Crippen molar-refractivity contribution in [3.05, 3.63) is 59.9 Å². The van der Waals surface area contributed by atoms with Crippen LogP contribution in [0.15, 0.2) is 43.0 Å². The Hall–Kier alpha value is -3.42. The number of anilines is 1. The molecule has 146 valence electrons. The smallest absolute Gasteiger partial charge is 0.251 e. The summed E-state index contributed by atoms with van der Waals surface area (Å²) in [6, 6.07) is 8.93. The van der Waals surface area contributed by atoms with E-state index in [2.05, 4.69) is 25.6 Å². The zero-order valence-corrected chi connectivity index (χ0v) is 16.3. The Labute approximate surface area is 164 Å². The number of aryl methyl sites for hydroxylation is 1. The van der Waals surface area contributed by atoms with Gasteiger partial charge < -0.3 is 15.4 Å². The Morgan fingerprint density at radius 2 is 1.89 bits per heavy atom. The van der Waals surface area contributed by atoms with E-state index < -0.39 is 0 Å². The first-order valence-corrected chi connectivity index (χ1v) is 9.16. The number of aromatic nitrogens is 4. The van der Waals surface area contributed by atoms with Crippen molar-refractivity contribution in [1.82, 2.24) is 24.8 Å². The van der Waals surface area contributed by atoms with Gasteiger partial charge in [0.25, 0.3) is 5.91 Å². The molecule has 8 heteroatoms. The average molecular weight is 380 g/mol. The maximum Gasteiger partial charge on any atom is 0.251 e. The SMILES string of the molecule is CCOc1ccc(C(=O)NCCNc2cc(-n3cnc(C)c3C)ncn2)cc1. The second kappa shape index (κ2) is 8.98. The van der Waals surface area contributed by atoms with Crippen molar-refractivity contribution in [2.45, 2.75) is 20.8 Å². The molecule has 2 aromatic heterocycles. The molecule has 0 aliphatic rings. The molecule has 2 N–H and O–H groups in total. The number of imidazole rings is 1. The molecule has 0 atom stereocenters. The van der Waals surface area contributed by atoms with Crippen LogP contribution in [0.4, 0.5) is 5.82 Å². The number of carbonyl (C=O) groups is 1. The van der Waals surface area contributed by atoms with Gasteiger partial charge in [0.05, 0.1) is 12.3 Å². The van der Waals surface area contributed by atoms with Crippen LogP contribution in [-0.4, -0.2) is 45.1 Å². The second-order valence-electron chi connectivity index (χ2n) is 6.19. The summed E-state index contributed by atoms with van der Waals surface area (Å²) in [4.78, 5) is 25.0. The molecule has 28 heavy (non-hydrogen) atoms. The normalized spacial score (nSPS) is 10.5. The molecule has 0 fully saturated rings. The first-order valence-electron chi connectivity index (χ1n) is 9.16. The van der Waals surface area contributed by atoms with Crippen LogP contribution in [0.25, 0.3) is 5.82 Å². The Bertz CT molecular complexity index is 936. The molecule has 0 saturated heterocycles. The summed E-state index contributed by atoms with van der Waals surface area (Å²) in [5.74, 6) is 2.06. The Balaban J connectivity index is 1.50. The van der Waals surface area contributed by atoms with Crippen molar-refractivity contribution in [1.29, 1.82) is 0 Å². The second-order valence-corrected chi connectivity index (χ2v) is 6.19. The fourth-order valence-electron chi connectivity index (χ4n) is 2.64. The van der Waals surface area contributed by atoms with Gasteiger partial charge in [-0.1, -0.05) is 0 Å². The lowest BCUT2D eigenvalue weighted by atomic mass is 10.2. The number of rotatable bonds is 8. The Morgan fingerprint density at radius 3 is 2.57 bits per heavy atom. The Morgan fingerprint density at radius 1 is 1.11 bits per heavy atom. The van der Waals surface area contributed by atoms with E-state index in [1.807, 2.05) is 31.4 Å². The van der Waals surface area contributed by atoms with Gasteiger partial charge in [-0.25, -0.2) is 15.0 Å². The third kappa shape index (κ3) is 4.64. The number of benzene rings is 1. The topological polar surface area (TPSA) is 94.0 Å². The summed E-state index contributed by atoms with van der Waals surface area (Å²) in [5.41, 5.74) is 2.59. The van der Waals surface area contributed by atoms with E-state index in [4.69, 9.17) is 4.74 Å². The summed E-state index contributed by atoms with van der Waals surface area (Å²) in [7, 11) is 0. The minimum absolute atomic E-state index is 0.127. The predicted molar refractivity (Wildman–Crippen MR) is 107 cm³/mol. The van der Waals surface area contributed by atoms with Gasteiger partial charge in [-0.2, -0.15) is 0 Å². The largest absolute Gasteiger partial charge is 0.494 e. The molecule has 0 aliphatic carbocycles. The molecule has 0 aliphatic heterocycles. The molecule has 0 unspecified atom stereocenters. The molecular formula is C20H24N6O2. The molecule has 0 saturated carbocycles. The van der Waals surface area contributed by atoms with Crippen molar-refractivity contribution < 1.29 is 9.53 Å². The molecule has 1 amide bonds. The van der Waals surface area contributed by atoms with E-state index in [-0.39, 0.29) is 5.91 Å². The van der Waals surface area contributed by atoms with Gasteiger partial charge in [0.15, 0.2) is 0 Å². The van der Waals surface area contributed by atoms with Crippen LogP contribution in [0, 0.1) is 13.8 Å². The zero-order chi connectivity index (χ0) is 19.9. The van der Waals surface area contributed by atoms with Gasteiger partial charge in [-0.3, -0.25) is 9.36 Å². The van der Waals surface area contributed by atoms with Crippen LogP contribution < -0.4 is 15.4 Å². The number of nitrogens with one attached hydrogen (secondary N) is 2. The standard InChI is InChI=1S/C20H24N6O2/c1-4-28-17-7-5-16(6-8-17)20(27)22-10-9-21-18-11-19(24-12-23-18)26-13-25-14(2)15(26)3/h5-8,11-13H,4,9-10H2,1-3H3,(H,22,27)(H,21,23,24). The van der Waals surface area contributed by atoms with E-state index in [0.717, 1.165) is 23.0 Å². The van der Waals surface area contributed by atoms with Crippen LogP contribution in [-0.2, 0) is 0 Å². The van der Waals surface area contributed by atoms with Crippen LogP contribution in [0.3, 0.4) is 0 Å². The fraction of sp³-hybridized carbons (Fsp3) is 0.300. The van der Waals surface area contributed by atoms with E-state index in [1.54, 1.807) is 30.6 Å². The van der Waals surface area contributed by atoms with Gasteiger partial charge in [0.1, 0.15) is 30.0 Å². The summed E-state index contributed by atoms with van der Waals surface area (Å²) >= 11 is 0. The highest BCUT2D eigenvalue weighted by atomic mass is 16.5. The molecule has 2 heterocycles. The molecule has 0 bridgehead atoms. The first kappa shape index (κ1) is 19.3. The number of hydrogen-bond donors (Lipinski definition) is 2. The van der Waals surface area contributed by atoms with Gasteiger partial charge in [-0.05, 0) is 45.0 Å². The van der Waals surface area contributed by atoms with Crippen molar-refractivity contribution in [3.8, 4) is 11.6 Å². The highest BCUT2D eigenvalue weighted by Crippen LogP contribution is 2.14. The lowest BCUT2D eigenvalue weighted by Crippen LogP contribution is -2.28. The molecular weight excluding hydrogens is 356 g/mol. The molecule has 1 aromatic carbocycles. The van der Waals surface area contributed by atoms with Crippen LogP contribution in [0.2, 0.25) is 0 Å². The van der Waals surface area contributed by atoms with Crippen LogP contribution >= 0.6 is 0 Å². The minimum atomic E-state index is -0.127. The molecule has 8 nitrogen and oxygen atoms in total. The van der Waals surface area contributed by atoms with Crippen molar-refractivity contribution in [2.75, 3.05) is 25.0 Å². The fourth-order valence-corrected chi connectivity index (χ4v) is 2.64. The van der Waals surface area contributed by atoms with Gasteiger partial charge >= 0.3 is 0 Å². The van der Waals surface area contributed by atoms with Gasteiger partial charge in [0, 0.05) is 30.4 Å². The monoisotopic (exact) mass is 380 g/mol. The molecule has 0 radical (unpaired) electrons. The molecule has 3 aromatic rings. The first-order chi connectivity index (χ1) is 13.6. The minimum Gasteiger partial charge on any atom is -0.494 e. The number of amides is 1. The predicted octanol–water partition coefficient (Wildman–Crippen LogP) is 2.52. The summed E-state index contributed by atoms with van der Waals surface area (Å²) < 4.78 is 7.29. The van der Waals surface area contributed by atoms with Crippen molar-refractivity contribution >= 4 is 11.7 Å². The van der Waals surface area contributed by atoms with E-state index >= 15 is 0 Å². The maximum absolute atomic E-state index is 12.2. The zero-order valence-electron chi connectivity index (χ0n) is 16.3. The third-order valence-corrected chi connectivity index (χ3v) is 4.30. The van der Waals surface area contributed by atoms with Gasteiger partial charge in [0.2, 0.25) is 0 Å². The molecule has 3 rings (SSSR count). The van der Waals surface area contributed by atoms with Gasteiger partial charge in [-0.15, -0.1) is 0 Å². The van der Waals surface area contributed by atoms with Crippen molar-refractivity contribution in [3.63, 3.8) is 0 Å². The Kier molecular flexibility index (Phi) is 6.21. The highest BCUT2D eigenvalue weighted by Gasteiger charge is 2.07. The number of nitrogens with zero attached hydrogens (tertiary/aromatic N) is 4. The maximum atomic E-state index is 12.2. The summed E-state index contributed by atoms with van der Waals surface area (Å²) in [6.07, 6.45) is 3.25. The number of hydrogen-bond acceptors (Lipinski definition) is 6. The van der Waals surface area contributed by atoms with E-state index in [1.165, 1.54) is 6.33 Å². The average Bonchev–Trinajstić information content (AvgIpc) is 3.05. The number of carbonyl (C=O) groups excluding carboxylic acids is 1. The van der Waals surface area contributed by atoms with Crippen LogP contribution in [0.5, 0.6) is 5.75 Å². The summed E-state index contributed by atoms with van der Waals surface area (Å²) in [6.45, 7) is 7.48. The summed E-state index contributed by atoms with van der Waals surface area (Å²) in [5, 5.41) is 6.07. The molecule has 0 spiro atoms. The quantitative estimate of drug-likeness (QED) is 0.583. The third-order valence-electron chi connectivity index (χ3n) is 4.30. The lowest BCUT2D eigenvalue weighted by Gasteiger charge is -2.10. The van der Waals surface area contributed by atoms with E-state index in [9.17, 15) is 4.79 Å². The highest BCUT2D eigenvalue weighted by molar-refractivity contribution is 5.94. The van der Waals surface area contributed by atoms with E-state index in [0.29, 0.717) is 31.1 Å². The lowest BCUT2D eigenvalue weighted by molar-refractivity contribution is 0.0955. The van der Waals surface area contributed by atoms with Crippen molar-refractivity contribution in [2.24, 2.45) is 0 Å². The number of ether oxygens (including phenoxy) is 1. The van der Waals surface area contributed by atoms with Crippen LogP contribution in [0.1, 0.15) is 28.7 Å².